The Morgan fingerprint density at radius 1 is 1.02 bits per heavy atom. The zero-order chi connectivity index (χ0) is 30.7. The van der Waals surface area contributed by atoms with Crippen LogP contribution in [0.4, 0.5) is 8.78 Å². The number of carboxylic acids is 1. The lowest BCUT2D eigenvalue weighted by Gasteiger charge is -2.28. The SMILES string of the molecule is Cc1cccc(C)c1-c1cc(F)c(F)c([C@H](CC(=O)O)NC(=O)[C@H](CC(C)C)NC(=O)[C@H]2CCCN2C(=O)C2CC2)c1. The quantitative estimate of drug-likeness (QED) is 0.351. The van der Waals surface area contributed by atoms with Crippen molar-refractivity contribution in [3.05, 3.63) is 58.7 Å². The van der Waals surface area contributed by atoms with E-state index in [1.165, 1.54) is 6.07 Å². The number of rotatable bonds is 11. The summed E-state index contributed by atoms with van der Waals surface area (Å²) in [6.45, 7) is 7.88. The number of aryl methyl sites for hydroxylation is 2. The molecule has 0 bridgehead atoms. The van der Waals surface area contributed by atoms with Crippen LogP contribution in [0.15, 0.2) is 30.3 Å². The number of nitrogens with zero attached hydrogens (tertiary/aromatic N) is 1. The summed E-state index contributed by atoms with van der Waals surface area (Å²) < 4.78 is 30.2. The van der Waals surface area contributed by atoms with Gasteiger partial charge in [0.05, 0.1) is 12.5 Å². The van der Waals surface area contributed by atoms with Crippen molar-refractivity contribution in [1.29, 1.82) is 0 Å². The highest BCUT2D eigenvalue weighted by Crippen LogP contribution is 2.35. The Kier molecular flexibility index (Phi) is 9.64. The van der Waals surface area contributed by atoms with Crippen molar-refractivity contribution in [1.82, 2.24) is 15.5 Å². The van der Waals surface area contributed by atoms with E-state index in [-0.39, 0.29) is 29.7 Å². The minimum atomic E-state index is -1.40. The summed E-state index contributed by atoms with van der Waals surface area (Å²) in [7, 11) is 0. The van der Waals surface area contributed by atoms with Gasteiger partial charge in [0, 0.05) is 18.0 Å². The molecule has 0 aromatic heterocycles. The average Bonchev–Trinajstić information content (AvgIpc) is 3.64. The Bertz CT molecular complexity index is 1350. The number of benzene rings is 2. The second kappa shape index (κ2) is 13.0. The lowest BCUT2D eigenvalue weighted by molar-refractivity contribution is -0.140. The summed E-state index contributed by atoms with van der Waals surface area (Å²) in [5.41, 5.74) is 2.40. The summed E-state index contributed by atoms with van der Waals surface area (Å²) >= 11 is 0. The molecule has 10 heteroatoms. The molecule has 2 aromatic rings. The molecule has 226 valence electrons. The molecule has 1 heterocycles. The van der Waals surface area contributed by atoms with Gasteiger partial charge in [-0.2, -0.15) is 0 Å². The van der Waals surface area contributed by atoms with E-state index in [9.17, 15) is 28.7 Å². The predicted octanol–water partition coefficient (Wildman–Crippen LogP) is 4.81. The summed E-state index contributed by atoms with van der Waals surface area (Å²) in [6, 6.07) is 4.80. The number of likely N-dealkylation sites (tertiary alicyclic amines) is 1. The minimum Gasteiger partial charge on any atom is -0.481 e. The number of hydrogen-bond donors (Lipinski definition) is 3. The van der Waals surface area contributed by atoms with E-state index >= 15 is 4.39 Å². The largest absolute Gasteiger partial charge is 0.481 e. The number of hydrogen-bond acceptors (Lipinski definition) is 4. The lowest BCUT2D eigenvalue weighted by Crippen LogP contribution is -2.54. The van der Waals surface area contributed by atoms with E-state index in [1.807, 2.05) is 45.9 Å². The molecular weight excluding hydrogens is 544 g/mol. The zero-order valence-corrected chi connectivity index (χ0v) is 24.5. The highest BCUT2D eigenvalue weighted by Gasteiger charge is 2.41. The molecule has 0 radical (unpaired) electrons. The number of aliphatic carboxylic acids is 1. The Labute approximate surface area is 244 Å². The van der Waals surface area contributed by atoms with Gasteiger partial charge in [-0.25, -0.2) is 8.78 Å². The van der Waals surface area contributed by atoms with Crippen LogP contribution in [0.2, 0.25) is 0 Å². The third kappa shape index (κ3) is 7.14. The summed E-state index contributed by atoms with van der Waals surface area (Å²) in [5.74, 6) is -5.01. The number of carbonyl (C=O) groups excluding carboxylic acids is 3. The van der Waals surface area contributed by atoms with Crippen LogP contribution in [0.1, 0.15) is 75.1 Å². The van der Waals surface area contributed by atoms with E-state index < -0.39 is 54.0 Å². The maximum Gasteiger partial charge on any atom is 0.305 e. The topological polar surface area (TPSA) is 116 Å². The molecule has 2 fully saturated rings. The fraction of sp³-hybridized carbons (Fsp3) is 0.500. The maximum atomic E-state index is 15.2. The van der Waals surface area contributed by atoms with Crippen molar-refractivity contribution in [2.24, 2.45) is 11.8 Å². The maximum absolute atomic E-state index is 15.2. The fourth-order valence-electron chi connectivity index (χ4n) is 5.80. The summed E-state index contributed by atoms with van der Waals surface area (Å²) in [6.07, 6.45) is 2.31. The van der Waals surface area contributed by atoms with Crippen LogP contribution in [-0.2, 0) is 19.2 Å². The average molecular weight is 584 g/mol. The Morgan fingerprint density at radius 2 is 1.69 bits per heavy atom. The molecule has 1 aliphatic heterocycles. The fourth-order valence-corrected chi connectivity index (χ4v) is 5.80. The van der Waals surface area contributed by atoms with E-state index in [4.69, 9.17) is 0 Å². The van der Waals surface area contributed by atoms with Crippen LogP contribution in [-0.4, -0.2) is 52.3 Å². The number of nitrogens with one attached hydrogen (secondary N) is 2. The molecule has 4 rings (SSSR count). The van der Waals surface area contributed by atoms with Gasteiger partial charge in [-0.15, -0.1) is 0 Å². The molecule has 8 nitrogen and oxygen atoms in total. The van der Waals surface area contributed by atoms with Gasteiger partial charge in [-0.05, 0) is 86.3 Å². The molecule has 0 spiro atoms. The van der Waals surface area contributed by atoms with Gasteiger partial charge >= 0.3 is 5.97 Å². The van der Waals surface area contributed by atoms with E-state index in [1.54, 1.807) is 4.90 Å². The highest BCUT2D eigenvalue weighted by molar-refractivity contribution is 5.93. The minimum absolute atomic E-state index is 0.0340. The Hall–Kier alpha value is -3.82. The van der Waals surface area contributed by atoms with Crippen molar-refractivity contribution < 1.29 is 33.1 Å². The predicted molar refractivity (Wildman–Crippen MR) is 153 cm³/mol. The van der Waals surface area contributed by atoms with Gasteiger partial charge in [-0.1, -0.05) is 32.0 Å². The normalized spacial score (nSPS) is 18.1. The highest BCUT2D eigenvalue weighted by atomic mass is 19.2. The standard InChI is InChI=1S/C32H39F2N3O5/c1-17(2)13-25(36-31(41)26-9-6-12-37(26)32(42)20-10-11-20)30(40)35-24(16-27(38)39)22-14-21(15-23(33)29(22)34)28-18(3)7-5-8-19(28)4/h5,7-8,14-15,17,20,24-26H,6,9-13,16H2,1-4H3,(H,35,40)(H,36,41)(H,38,39)/t24-,25-,26+/m0/s1. The first-order valence-electron chi connectivity index (χ1n) is 14.6. The van der Waals surface area contributed by atoms with Crippen molar-refractivity contribution in [2.45, 2.75) is 84.3 Å². The molecule has 2 aromatic carbocycles. The van der Waals surface area contributed by atoms with Crippen LogP contribution >= 0.6 is 0 Å². The second-order valence-electron chi connectivity index (χ2n) is 11.9. The first kappa shape index (κ1) is 31.1. The van der Waals surface area contributed by atoms with E-state index in [0.29, 0.717) is 30.5 Å². The van der Waals surface area contributed by atoms with Crippen molar-refractivity contribution >= 4 is 23.7 Å². The first-order valence-corrected chi connectivity index (χ1v) is 14.6. The van der Waals surface area contributed by atoms with Crippen molar-refractivity contribution in [2.75, 3.05) is 6.54 Å². The van der Waals surface area contributed by atoms with Crippen molar-refractivity contribution in [3.8, 4) is 11.1 Å². The molecule has 42 heavy (non-hydrogen) atoms. The van der Waals surface area contributed by atoms with Crippen LogP contribution in [0.25, 0.3) is 11.1 Å². The number of carbonyl (C=O) groups is 4. The lowest BCUT2D eigenvalue weighted by atomic mass is 9.92. The zero-order valence-electron chi connectivity index (χ0n) is 24.5. The van der Waals surface area contributed by atoms with E-state index in [0.717, 1.165) is 30.0 Å². The molecule has 3 N–H and O–H groups in total. The first-order chi connectivity index (χ1) is 19.9. The van der Waals surface area contributed by atoms with Crippen LogP contribution in [0, 0.1) is 37.3 Å². The molecule has 1 saturated carbocycles. The third-order valence-corrected chi connectivity index (χ3v) is 8.00. The monoisotopic (exact) mass is 583 g/mol. The van der Waals surface area contributed by atoms with Gasteiger partial charge in [0.1, 0.15) is 12.1 Å². The molecule has 1 aliphatic carbocycles. The van der Waals surface area contributed by atoms with Crippen LogP contribution in [0.5, 0.6) is 0 Å². The van der Waals surface area contributed by atoms with Gasteiger partial charge in [0.15, 0.2) is 11.6 Å². The smallest absolute Gasteiger partial charge is 0.305 e. The van der Waals surface area contributed by atoms with Gasteiger partial charge in [-0.3, -0.25) is 19.2 Å². The summed E-state index contributed by atoms with van der Waals surface area (Å²) in [5, 5.41) is 15.0. The van der Waals surface area contributed by atoms with Gasteiger partial charge in [0.25, 0.3) is 0 Å². The molecular formula is C32H39F2N3O5. The molecule has 1 saturated heterocycles. The Morgan fingerprint density at radius 3 is 2.29 bits per heavy atom. The van der Waals surface area contributed by atoms with Crippen molar-refractivity contribution in [3.63, 3.8) is 0 Å². The van der Waals surface area contributed by atoms with Gasteiger partial charge in [0.2, 0.25) is 17.7 Å². The number of carboxylic acid groups (broad SMARTS) is 1. The molecule has 3 atom stereocenters. The number of halogens is 2. The van der Waals surface area contributed by atoms with Gasteiger partial charge < -0.3 is 20.6 Å². The summed E-state index contributed by atoms with van der Waals surface area (Å²) in [4.78, 5) is 53.0. The number of amides is 3. The Balaban J connectivity index is 1.61. The van der Waals surface area contributed by atoms with Crippen LogP contribution in [0.3, 0.4) is 0 Å². The van der Waals surface area contributed by atoms with E-state index in [2.05, 4.69) is 10.6 Å². The third-order valence-electron chi connectivity index (χ3n) is 8.00. The molecule has 0 unspecified atom stereocenters. The second-order valence-corrected chi connectivity index (χ2v) is 11.9. The van der Waals surface area contributed by atoms with Crippen LogP contribution < -0.4 is 10.6 Å². The molecule has 3 amide bonds. The molecule has 2 aliphatic rings.